The first-order chi connectivity index (χ1) is 8.32. The van der Waals surface area contributed by atoms with E-state index in [9.17, 15) is 9.59 Å². The highest BCUT2D eigenvalue weighted by Crippen LogP contribution is 2.21. The minimum Gasteiger partial charge on any atom is -0.478 e. The third-order valence-corrected chi connectivity index (χ3v) is 3.16. The maximum atomic E-state index is 11.9. The van der Waals surface area contributed by atoms with E-state index < -0.39 is 11.9 Å². The van der Waals surface area contributed by atoms with Crippen LogP contribution in [0.5, 0.6) is 0 Å². The van der Waals surface area contributed by atoms with Gasteiger partial charge in [0.25, 0.3) is 5.91 Å². The maximum absolute atomic E-state index is 11.9. The van der Waals surface area contributed by atoms with Crippen LogP contribution in [-0.4, -0.2) is 17.0 Å². The van der Waals surface area contributed by atoms with Gasteiger partial charge in [0.05, 0.1) is 0 Å². The van der Waals surface area contributed by atoms with Crippen LogP contribution in [0.15, 0.2) is 33.8 Å². The first-order valence-electron chi connectivity index (χ1n) is 5.31. The molecule has 18 heavy (non-hydrogen) atoms. The summed E-state index contributed by atoms with van der Waals surface area (Å²) in [4.78, 5) is 22.6. The Morgan fingerprint density at radius 3 is 2.39 bits per heavy atom. The highest BCUT2D eigenvalue weighted by Gasteiger charge is 2.13. The highest BCUT2D eigenvalue weighted by atomic mass is 79.9. The van der Waals surface area contributed by atoms with Gasteiger partial charge >= 0.3 is 5.97 Å². The van der Waals surface area contributed by atoms with Gasteiger partial charge in [-0.2, -0.15) is 0 Å². The smallest absolute Gasteiger partial charge is 0.331 e. The van der Waals surface area contributed by atoms with Crippen molar-refractivity contribution in [1.29, 1.82) is 0 Å². The number of aliphatic carboxylic acids is 1. The Hall–Kier alpha value is -1.62. The molecule has 0 bridgehead atoms. The van der Waals surface area contributed by atoms with Crippen LogP contribution in [0.4, 0.5) is 5.69 Å². The second-order valence-corrected chi connectivity index (χ2v) is 4.88. The lowest BCUT2D eigenvalue weighted by atomic mass is 10.1. The summed E-state index contributed by atoms with van der Waals surface area (Å²) >= 11 is 3.32. The Balaban J connectivity index is 2.98. The summed E-state index contributed by atoms with van der Waals surface area (Å²) in [7, 11) is 0. The van der Waals surface area contributed by atoms with Crippen molar-refractivity contribution in [3.63, 3.8) is 0 Å². The molecule has 0 saturated heterocycles. The normalized spacial score (nSPS) is 11.8. The van der Waals surface area contributed by atoms with Crippen molar-refractivity contribution in [2.45, 2.75) is 20.8 Å². The summed E-state index contributed by atoms with van der Waals surface area (Å²) < 4.78 is 0.847. The number of hydrogen-bond donors (Lipinski definition) is 2. The molecule has 0 fully saturated rings. The Morgan fingerprint density at radius 1 is 1.22 bits per heavy atom. The van der Waals surface area contributed by atoms with Gasteiger partial charge in [0.2, 0.25) is 0 Å². The number of nitrogens with one attached hydrogen (secondary N) is 1. The lowest BCUT2D eigenvalue weighted by Gasteiger charge is -2.10. The summed E-state index contributed by atoms with van der Waals surface area (Å²) in [6.45, 7) is 4.77. The highest BCUT2D eigenvalue weighted by molar-refractivity contribution is 9.10. The molecule has 1 rings (SSSR count). The number of carboxylic acids is 1. The predicted molar refractivity (Wildman–Crippen MR) is 73.5 cm³/mol. The van der Waals surface area contributed by atoms with Crippen LogP contribution in [0.1, 0.15) is 19.4 Å². The molecule has 1 aromatic carbocycles. The molecule has 0 aromatic heterocycles. The van der Waals surface area contributed by atoms with Crippen LogP contribution in [-0.2, 0) is 9.59 Å². The Kier molecular flexibility index (Phi) is 4.67. The molecule has 0 unspecified atom stereocenters. The van der Waals surface area contributed by atoms with Crippen molar-refractivity contribution in [3.8, 4) is 0 Å². The van der Waals surface area contributed by atoms with E-state index in [1.165, 1.54) is 13.8 Å². The Morgan fingerprint density at radius 2 is 1.83 bits per heavy atom. The number of aryl methyl sites for hydroxylation is 1. The van der Waals surface area contributed by atoms with Gasteiger partial charge in [0.15, 0.2) is 0 Å². The van der Waals surface area contributed by atoms with Crippen LogP contribution in [0.25, 0.3) is 0 Å². The van der Waals surface area contributed by atoms with Gasteiger partial charge in [-0.05, 0) is 38.5 Å². The van der Waals surface area contributed by atoms with Crippen molar-refractivity contribution >= 4 is 33.5 Å². The van der Waals surface area contributed by atoms with Gasteiger partial charge < -0.3 is 10.4 Å². The van der Waals surface area contributed by atoms with Crippen LogP contribution in [0.3, 0.4) is 0 Å². The number of hydrogen-bond acceptors (Lipinski definition) is 2. The zero-order valence-electron chi connectivity index (χ0n) is 10.4. The summed E-state index contributed by atoms with van der Waals surface area (Å²) in [6.07, 6.45) is 0. The summed E-state index contributed by atoms with van der Waals surface area (Å²) in [5.41, 5.74) is 1.81. The second kappa shape index (κ2) is 5.82. The van der Waals surface area contributed by atoms with E-state index in [-0.39, 0.29) is 11.1 Å². The Bertz CT molecular complexity index is 535. The van der Waals surface area contributed by atoms with Crippen molar-refractivity contribution in [1.82, 2.24) is 0 Å². The van der Waals surface area contributed by atoms with E-state index in [4.69, 9.17) is 5.11 Å². The Labute approximate surface area is 114 Å². The number of anilines is 1. The molecule has 0 aliphatic carbocycles. The molecule has 0 spiro atoms. The van der Waals surface area contributed by atoms with Crippen LogP contribution in [0.2, 0.25) is 0 Å². The molecule has 4 nitrogen and oxygen atoms in total. The van der Waals surface area contributed by atoms with Gasteiger partial charge in [-0.3, -0.25) is 4.79 Å². The van der Waals surface area contributed by atoms with E-state index in [0.717, 1.165) is 10.0 Å². The fourth-order valence-electron chi connectivity index (χ4n) is 1.28. The molecule has 0 saturated carbocycles. The van der Waals surface area contributed by atoms with Gasteiger partial charge in [0.1, 0.15) is 0 Å². The first-order valence-corrected chi connectivity index (χ1v) is 6.10. The first kappa shape index (κ1) is 14.4. The summed E-state index contributed by atoms with van der Waals surface area (Å²) in [5.74, 6) is -1.50. The number of benzene rings is 1. The topological polar surface area (TPSA) is 66.4 Å². The number of carbonyl (C=O) groups is 2. The van der Waals surface area contributed by atoms with Crippen molar-refractivity contribution in [3.05, 3.63) is 39.4 Å². The third-order valence-electron chi connectivity index (χ3n) is 2.67. The van der Waals surface area contributed by atoms with Crippen molar-refractivity contribution in [2.75, 3.05) is 5.32 Å². The molecular weight excluding hydrogens is 298 g/mol. The molecule has 0 heterocycles. The zero-order chi connectivity index (χ0) is 13.9. The fourth-order valence-corrected chi connectivity index (χ4v) is 1.64. The molecule has 2 N–H and O–H groups in total. The summed E-state index contributed by atoms with van der Waals surface area (Å²) in [6, 6.07) is 5.51. The molecule has 0 radical (unpaired) electrons. The van der Waals surface area contributed by atoms with Gasteiger partial charge in [-0.15, -0.1) is 0 Å². The number of rotatable bonds is 3. The van der Waals surface area contributed by atoms with E-state index >= 15 is 0 Å². The SMILES string of the molecule is CC(C(=O)O)=C(C)C(=O)Nc1cc(Br)ccc1C. The average Bonchev–Trinajstić information content (AvgIpc) is 2.31. The molecule has 1 aromatic rings. The van der Waals surface area contributed by atoms with Gasteiger partial charge in [-0.25, -0.2) is 4.79 Å². The molecule has 0 atom stereocenters. The van der Waals surface area contributed by atoms with Gasteiger partial charge in [0, 0.05) is 21.3 Å². The summed E-state index contributed by atoms with van der Waals surface area (Å²) in [5, 5.41) is 11.5. The monoisotopic (exact) mass is 311 g/mol. The standard InChI is InChI=1S/C13H14BrNO3/c1-7-4-5-10(14)6-11(7)15-12(16)8(2)9(3)13(17)18/h4-6H,1-3H3,(H,15,16)(H,17,18). The fraction of sp³-hybridized carbons (Fsp3) is 0.231. The largest absolute Gasteiger partial charge is 0.478 e. The van der Waals surface area contributed by atoms with Crippen LogP contribution >= 0.6 is 15.9 Å². The van der Waals surface area contributed by atoms with Crippen molar-refractivity contribution < 1.29 is 14.7 Å². The lowest BCUT2D eigenvalue weighted by Crippen LogP contribution is -2.16. The lowest BCUT2D eigenvalue weighted by molar-refractivity contribution is -0.133. The molecule has 0 aliphatic heterocycles. The number of amides is 1. The quantitative estimate of drug-likeness (QED) is 0.843. The predicted octanol–water partition coefficient (Wildman–Crippen LogP) is 3.12. The number of carbonyl (C=O) groups excluding carboxylic acids is 1. The molecular formula is C13H14BrNO3. The number of carboxylic acid groups (broad SMARTS) is 1. The van der Waals surface area contributed by atoms with E-state index in [1.54, 1.807) is 6.07 Å². The molecule has 1 amide bonds. The van der Waals surface area contributed by atoms with E-state index in [2.05, 4.69) is 21.2 Å². The number of halogens is 1. The van der Waals surface area contributed by atoms with Crippen LogP contribution < -0.4 is 5.32 Å². The molecule has 0 aliphatic rings. The second-order valence-electron chi connectivity index (χ2n) is 3.97. The molecule has 5 heteroatoms. The third kappa shape index (κ3) is 3.43. The van der Waals surface area contributed by atoms with E-state index in [1.807, 2.05) is 19.1 Å². The average molecular weight is 312 g/mol. The minimum atomic E-state index is -1.09. The maximum Gasteiger partial charge on any atom is 0.331 e. The minimum absolute atomic E-state index is 0.0418. The molecule has 96 valence electrons. The van der Waals surface area contributed by atoms with E-state index in [0.29, 0.717) is 5.69 Å². The van der Waals surface area contributed by atoms with Crippen LogP contribution in [0, 0.1) is 6.92 Å². The zero-order valence-corrected chi connectivity index (χ0v) is 12.0. The van der Waals surface area contributed by atoms with Crippen molar-refractivity contribution in [2.24, 2.45) is 0 Å². The van der Waals surface area contributed by atoms with Gasteiger partial charge in [-0.1, -0.05) is 22.0 Å².